The minimum absolute atomic E-state index is 0.0162. The van der Waals surface area contributed by atoms with Crippen LogP contribution in [0.1, 0.15) is 143 Å². The molecule has 94 heavy (non-hydrogen) atoms. The number of fused-ring (bicyclic) bond motifs is 3. The molecule has 3 aromatic carbocycles. The molecule has 6 aliphatic rings. The van der Waals surface area contributed by atoms with Crippen LogP contribution in [0.4, 0.5) is 8.78 Å². The summed E-state index contributed by atoms with van der Waals surface area (Å²) in [4.78, 5) is 164. The van der Waals surface area contributed by atoms with Crippen LogP contribution in [0, 0.1) is 23.7 Å². The molecule has 10 rings (SSSR count). The molecule has 502 valence electrons. The van der Waals surface area contributed by atoms with Crippen molar-refractivity contribution in [1.29, 1.82) is 0 Å². The first-order chi connectivity index (χ1) is 44.8. The number of carbonyl (C=O) groups excluding carboxylic acids is 10. The Morgan fingerprint density at radius 3 is 2.29 bits per heavy atom. The molecule has 4 aromatic rings. The summed E-state index contributed by atoms with van der Waals surface area (Å²) in [6, 6.07) is 10.2. The van der Waals surface area contributed by atoms with Gasteiger partial charge in [0.25, 0.3) is 17.7 Å². The third kappa shape index (κ3) is 16.0. The maximum absolute atomic E-state index is 14.9. The second kappa shape index (κ2) is 29.8. The number of hydrogen-bond donors (Lipinski definition) is 8. The summed E-state index contributed by atoms with van der Waals surface area (Å²) in [7, 11) is -3.82. The van der Waals surface area contributed by atoms with Crippen LogP contribution in [0.3, 0.4) is 0 Å². The van der Waals surface area contributed by atoms with Gasteiger partial charge in [0.2, 0.25) is 41.4 Å². The summed E-state index contributed by atoms with van der Waals surface area (Å²) in [5.41, 5.74) is 3.12. The van der Waals surface area contributed by atoms with Crippen molar-refractivity contribution >= 4 is 88.1 Å². The first-order valence-electron chi connectivity index (χ1n) is 32.2. The topological polar surface area (TPSA) is 331 Å². The number of amides is 10. The molecule has 5 saturated heterocycles. The lowest BCUT2D eigenvalue weighted by Crippen LogP contribution is -2.62. The average Bonchev–Trinajstić information content (AvgIpc) is 1.59. The van der Waals surface area contributed by atoms with Crippen LogP contribution in [-0.2, 0) is 56.8 Å². The van der Waals surface area contributed by atoms with E-state index >= 15 is 0 Å². The Morgan fingerprint density at radius 2 is 1.59 bits per heavy atom. The van der Waals surface area contributed by atoms with Gasteiger partial charge in [0.05, 0.1) is 4.88 Å². The van der Waals surface area contributed by atoms with E-state index in [1.165, 1.54) is 21.9 Å². The van der Waals surface area contributed by atoms with E-state index < -0.39 is 96.4 Å². The maximum Gasteiger partial charge on any atom is 0.399 e. The van der Waals surface area contributed by atoms with E-state index in [0.29, 0.717) is 97.7 Å². The number of benzene rings is 3. The van der Waals surface area contributed by atoms with E-state index in [2.05, 4.69) is 50.4 Å². The predicted molar refractivity (Wildman–Crippen MR) is 342 cm³/mol. The Bertz CT molecular complexity index is 3710. The number of nitrogens with one attached hydrogen (secondary N) is 5. The van der Waals surface area contributed by atoms with Crippen LogP contribution in [0.2, 0.25) is 0 Å². The minimum Gasteiger partial charge on any atom is -0.370 e. The third-order valence-electron chi connectivity index (χ3n) is 19.2. The van der Waals surface area contributed by atoms with Gasteiger partial charge in [-0.15, -0.1) is 11.3 Å². The fourth-order valence-electron chi connectivity index (χ4n) is 13.6. The number of thiophene rings is 1. The van der Waals surface area contributed by atoms with Crippen molar-refractivity contribution in [3.8, 4) is 11.8 Å². The minimum atomic E-state index is -5.89. The Morgan fingerprint density at radius 1 is 0.851 bits per heavy atom. The molecule has 0 radical (unpaired) electrons. The van der Waals surface area contributed by atoms with Gasteiger partial charge in [-0.05, 0) is 162 Å². The number of nitrogens with zero attached hydrogens (tertiary/aromatic N) is 5. The van der Waals surface area contributed by atoms with Crippen molar-refractivity contribution in [1.82, 2.24) is 51.1 Å². The van der Waals surface area contributed by atoms with E-state index in [4.69, 9.17) is 5.73 Å². The molecule has 1 aromatic heterocycles. The van der Waals surface area contributed by atoms with Crippen LogP contribution in [-0.4, -0.2) is 189 Å². The van der Waals surface area contributed by atoms with Crippen molar-refractivity contribution in [3.05, 3.63) is 105 Å². The van der Waals surface area contributed by atoms with E-state index in [9.17, 15) is 71.1 Å². The van der Waals surface area contributed by atoms with Gasteiger partial charge in [-0.25, -0.2) is 0 Å². The van der Waals surface area contributed by atoms with Gasteiger partial charge in [-0.1, -0.05) is 43.0 Å². The molecular formula is C66H80F2N11O13PS. The van der Waals surface area contributed by atoms with Gasteiger partial charge >= 0.3 is 13.3 Å². The normalized spacial score (nSPS) is 21.7. The molecule has 0 saturated carbocycles. The van der Waals surface area contributed by atoms with Crippen LogP contribution in [0.25, 0.3) is 10.1 Å². The highest BCUT2D eigenvalue weighted by Crippen LogP contribution is 2.59. The van der Waals surface area contributed by atoms with E-state index in [1.54, 1.807) is 41.3 Å². The third-order valence-corrected chi connectivity index (χ3v) is 21.3. The van der Waals surface area contributed by atoms with Gasteiger partial charge in [0, 0.05) is 97.9 Å². The predicted octanol–water partition coefficient (Wildman–Crippen LogP) is 3.69. The molecule has 9 N–H and O–H groups in total. The number of hydrogen-bond acceptors (Lipinski definition) is 14. The van der Waals surface area contributed by atoms with Gasteiger partial charge < -0.3 is 61.3 Å². The smallest absolute Gasteiger partial charge is 0.370 e. The Hall–Kier alpha value is -7.99. The van der Waals surface area contributed by atoms with Gasteiger partial charge in [0.1, 0.15) is 30.2 Å². The van der Waals surface area contributed by atoms with Crippen molar-refractivity contribution in [2.75, 3.05) is 59.4 Å². The molecule has 0 bridgehead atoms. The molecule has 6 atom stereocenters. The molecule has 5 fully saturated rings. The molecule has 1 unspecified atom stereocenters. The first-order valence-corrected chi connectivity index (χ1v) is 34.6. The standard InChI is InChI=1S/C66H80F2N11O13PS/c1-3-76-30-27-46-16-18-53(79(46)65(89)51(38-76)73-62(86)55-35-44-34-45(15-20-54(44)94-55)66(67,68)93(90,91)92)61(85)71-49(17-21-56(69)80)59(83)72-50(33-40-11-13-43(14-12-40)58(82)70-36-41-23-28-75(2)29-24-41)64(88)77-31-25-39(26-32-77)7-4-5-8-42-9-6-10-47-48(42)37-78(63(47)87)52-19-22-57(81)74-60(52)84/h6,9-15,20,34-35,39,41,46,49-53H,3-4,7,16-19,21-33,36-38H2,1-2H3,(H2,69,80)(H,70,82)(H,71,85)(H,72,83)(H,73,86)(H,74,81,84)(H2,90,91,92)/t46-,49+,50+,51+,52?,53+/m1/s1. The second-order valence-electron chi connectivity index (χ2n) is 25.5. The molecule has 28 heteroatoms. The monoisotopic (exact) mass is 1340 g/mol. The number of likely N-dealkylation sites (N-methyl/N-ethyl adjacent to an activating group) is 1. The highest BCUT2D eigenvalue weighted by molar-refractivity contribution is 7.52. The van der Waals surface area contributed by atoms with Crippen LogP contribution in [0.15, 0.2) is 66.7 Å². The SMILES string of the molecule is CCN1CC[C@H]2CC[C@@H](C(=O)N[C@@H](CCC(N)=O)C(=O)N[C@@H](Cc3ccc(C(=O)NCC4CCN(C)CC4)cc3)C(=O)N3CCC(CCC#Cc4cccc5c4CN(C4CCC(=O)NC4=O)C5=O)CC3)N2C(=O)[C@@H](NC(=O)c2cc3cc(C(F)(F)P(=O)(O)O)ccc3s2)C1. The number of imide groups is 1. The number of carbonyl (C=O) groups is 10. The maximum atomic E-state index is 14.9. The second-order valence-corrected chi connectivity index (χ2v) is 28.2. The Balaban J connectivity index is 0.816. The molecule has 0 aliphatic carbocycles. The zero-order valence-electron chi connectivity index (χ0n) is 52.5. The van der Waals surface area contributed by atoms with Crippen LogP contribution < -0.4 is 32.3 Å². The zero-order valence-corrected chi connectivity index (χ0v) is 54.3. The Labute approximate surface area is 547 Å². The molecule has 0 spiro atoms. The lowest BCUT2D eigenvalue weighted by molar-refractivity contribution is -0.144. The Kier molecular flexibility index (Phi) is 21.8. The lowest BCUT2D eigenvalue weighted by Gasteiger charge is -2.38. The molecule has 10 amide bonds. The first kappa shape index (κ1) is 68.9. The van der Waals surface area contributed by atoms with Crippen LogP contribution >= 0.6 is 18.9 Å². The van der Waals surface area contributed by atoms with E-state index in [1.807, 2.05) is 17.9 Å². The lowest BCUT2D eigenvalue weighted by atomic mass is 9.91. The number of rotatable bonds is 21. The molecular weight excluding hydrogens is 1260 g/mol. The average molecular weight is 1340 g/mol. The number of alkyl halides is 2. The molecule has 7 heterocycles. The summed E-state index contributed by atoms with van der Waals surface area (Å²) in [5, 5.41) is 14.0. The quantitative estimate of drug-likeness (QED) is 0.0335. The van der Waals surface area contributed by atoms with Gasteiger partial charge in [-0.2, -0.15) is 8.78 Å². The van der Waals surface area contributed by atoms with Crippen LogP contribution in [0.5, 0.6) is 0 Å². The highest BCUT2D eigenvalue weighted by Gasteiger charge is 2.51. The summed E-state index contributed by atoms with van der Waals surface area (Å²) < 4.78 is 41.4. The fourth-order valence-corrected chi connectivity index (χ4v) is 15.0. The fraction of sp³-hybridized carbons (Fsp3) is 0.515. The van der Waals surface area contributed by atoms with Crippen molar-refractivity contribution in [3.63, 3.8) is 0 Å². The number of piperidine rings is 3. The largest absolute Gasteiger partial charge is 0.399 e. The molecule has 24 nitrogen and oxygen atoms in total. The number of likely N-dealkylation sites (tertiary alicyclic amines) is 2. The number of primary amides is 1. The van der Waals surface area contributed by atoms with Crippen molar-refractivity contribution in [2.45, 2.75) is 145 Å². The van der Waals surface area contributed by atoms with Crippen molar-refractivity contribution < 1.29 is 71.1 Å². The molecule has 6 aliphatic heterocycles. The summed E-state index contributed by atoms with van der Waals surface area (Å²) in [6.07, 6.45) is 5.25. The van der Waals surface area contributed by atoms with E-state index in [0.717, 1.165) is 61.4 Å². The highest BCUT2D eigenvalue weighted by atomic mass is 32.1. The van der Waals surface area contributed by atoms with Crippen molar-refractivity contribution in [2.24, 2.45) is 17.6 Å². The zero-order chi connectivity index (χ0) is 67.2. The van der Waals surface area contributed by atoms with E-state index in [-0.39, 0.29) is 85.5 Å². The van der Waals surface area contributed by atoms with Gasteiger partial charge in [0.15, 0.2) is 0 Å². The number of halogens is 2. The number of nitrogens with two attached hydrogens (primary N) is 1. The summed E-state index contributed by atoms with van der Waals surface area (Å²) >= 11 is 0.920. The summed E-state index contributed by atoms with van der Waals surface area (Å²) in [6.45, 7) is 6.27. The summed E-state index contributed by atoms with van der Waals surface area (Å²) in [5.74, 6) is 1.67. The van der Waals surface area contributed by atoms with Gasteiger partial charge in [-0.3, -0.25) is 57.8 Å².